The molecule has 1 aromatic carbocycles. The second kappa shape index (κ2) is 8.18. The second-order valence-electron chi connectivity index (χ2n) is 6.72. The van der Waals surface area contributed by atoms with E-state index in [0.29, 0.717) is 19.5 Å². The van der Waals surface area contributed by atoms with Crippen molar-refractivity contribution in [3.63, 3.8) is 0 Å². The molecule has 1 aromatic rings. The Kier molecular flexibility index (Phi) is 5.72. The fraction of sp³-hybridized carbons (Fsp3) is 0.579. The van der Waals surface area contributed by atoms with E-state index in [0.717, 1.165) is 38.9 Å². The minimum atomic E-state index is -0.0619. The molecule has 1 fully saturated rings. The summed E-state index contributed by atoms with van der Waals surface area (Å²) in [6, 6.07) is 8.21. The number of fused-ring (bicyclic) bond motifs is 1. The number of amides is 3. The summed E-state index contributed by atoms with van der Waals surface area (Å²) in [6.07, 6.45) is 5.94. The van der Waals surface area contributed by atoms with Crippen molar-refractivity contribution in [3.05, 3.63) is 35.4 Å². The number of hydrogen-bond acceptors (Lipinski definition) is 2. The molecule has 1 saturated heterocycles. The van der Waals surface area contributed by atoms with Gasteiger partial charge in [-0.2, -0.15) is 0 Å². The third-order valence-electron chi connectivity index (χ3n) is 4.99. The number of urea groups is 1. The largest absolute Gasteiger partial charge is 0.343 e. The van der Waals surface area contributed by atoms with Gasteiger partial charge in [0.05, 0.1) is 0 Å². The molecule has 0 bridgehead atoms. The van der Waals surface area contributed by atoms with Gasteiger partial charge in [0.15, 0.2) is 0 Å². The van der Waals surface area contributed by atoms with E-state index in [9.17, 15) is 9.59 Å². The first-order valence-corrected chi connectivity index (χ1v) is 9.11. The summed E-state index contributed by atoms with van der Waals surface area (Å²) in [4.78, 5) is 28.3. The smallest absolute Gasteiger partial charge is 0.317 e. The maximum Gasteiger partial charge on any atom is 0.317 e. The van der Waals surface area contributed by atoms with Crippen LogP contribution in [0.15, 0.2) is 24.3 Å². The van der Waals surface area contributed by atoms with Gasteiger partial charge in [-0.15, -0.1) is 0 Å². The highest BCUT2D eigenvalue weighted by Gasteiger charge is 2.20. The Morgan fingerprint density at radius 3 is 2.38 bits per heavy atom. The Morgan fingerprint density at radius 1 is 0.917 bits per heavy atom. The van der Waals surface area contributed by atoms with Gasteiger partial charge in [-0.3, -0.25) is 4.79 Å². The Balaban J connectivity index is 1.42. The molecule has 2 aliphatic heterocycles. The standard InChI is InChI=1S/C19H27N3O2/c23-18(21-12-5-1-2-6-13-21)9-11-20-19(24)22-14-10-16-7-3-4-8-17(16)15-22/h3-4,7-8H,1-2,5-6,9-15H2,(H,20,24). The van der Waals surface area contributed by atoms with Crippen molar-refractivity contribution in [1.29, 1.82) is 0 Å². The summed E-state index contributed by atoms with van der Waals surface area (Å²) >= 11 is 0. The number of nitrogens with one attached hydrogen (secondary N) is 1. The van der Waals surface area contributed by atoms with E-state index in [1.54, 1.807) is 0 Å². The summed E-state index contributed by atoms with van der Waals surface area (Å²) in [5.41, 5.74) is 2.55. The lowest BCUT2D eigenvalue weighted by Crippen LogP contribution is -2.44. The molecule has 0 unspecified atom stereocenters. The number of hydrogen-bond donors (Lipinski definition) is 1. The molecule has 130 valence electrons. The molecule has 1 N–H and O–H groups in total. The van der Waals surface area contributed by atoms with Crippen LogP contribution in [0.25, 0.3) is 0 Å². The number of rotatable bonds is 3. The van der Waals surface area contributed by atoms with E-state index >= 15 is 0 Å². The molecule has 5 nitrogen and oxygen atoms in total. The molecule has 2 aliphatic rings. The minimum absolute atomic E-state index is 0.0619. The van der Waals surface area contributed by atoms with Crippen LogP contribution in [0.2, 0.25) is 0 Å². The monoisotopic (exact) mass is 329 g/mol. The molecular weight excluding hydrogens is 302 g/mol. The fourth-order valence-electron chi connectivity index (χ4n) is 3.54. The third-order valence-corrected chi connectivity index (χ3v) is 4.99. The number of likely N-dealkylation sites (tertiary alicyclic amines) is 1. The molecule has 2 heterocycles. The predicted octanol–water partition coefficient (Wildman–Crippen LogP) is 2.55. The van der Waals surface area contributed by atoms with Crippen LogP contribution in [-0.2, 0) is 17.8 Å². The van der Waals surface area contributed by atoms with Crippen molar-refractivity contribution in [1.82, 2.24) is 15.1 Å². The highest BCUT2D eigenvalue weighted by molar-refractivity contribution is 5.78. The molecule has 3 amide bonds. The molecule has 3 rings (SSSR count). The first-order valence-electron chi connectivity index (χ1n) is 9.11. The summed E-state index contributed by atoms with van der Waals surface area (Å²) < 4.78 is 0. The first kappa shape index (κ1) is 16.8. The van der Waals surface area contributed by atoms with Gasteiger partial charge in [0, 0.05) is 39.1 Å². The average molecular weight is 329 g/mol. The number of carbonyl (C=O) groups is 2. The molecular formula is C19H27N3O2. The van der Waals surface area contributed by atoms with Gasteiger partial charge in [-0.25, -0.2) is 4.79 Å². The Labute approximate surface area is 144 Å². The van der Waals surface area contributed by atoms with E-state index in [4.69, 9.17) is 0 Å². The van der Waals surface area contributed by atoms with Gasteiger partial charge in [0.2, 0.25) is 5.91 Å². The maximum atomic E-state index is 12.3. The lowest BCUT2D eigenvalue weighted by Gasteiger charge is -2.29. The van der Waals surface area contributed by atoms with Gasteiger partial charge in [-0.05, 0) is 30.4 Å². The molecule has 0 saturated carbocycles. The summed E-state index contributed by atoms with van der Waals surface area (Å²) in [5.74, 6) is 0.168. The molecule has 0 atom stereocenters. The zero-order valence-electron chi connectivity index (χ0n) is 14.3. The number of carbonyl (C=O) groups excluding carboxylic acids is 2. The number of nitrogens with zero attached hydrogens (tertiary/aromatic N) is 2. The highest BCUT2D eigenvalue weighted by Crippen LogP contribution is 2.18. The van der Waals surface area contributed by atoms with Crippen molar-refractivity contribution < 1.29 is 9.59 Å². The van der Waals surface area contributed by atoms with Gasteiger partial charge in [0.1, 0.15) is 0 Å². The zero-order valence-corrected chi connectivity index (χ0v) is 14.3. The summed E-state index contributed by atoms with van der Waals surface area (Å²) in [6.45, 7) is 3.56. The van der Waals surface area contributed by atoms with Crippen LogP contribution in [0, 0.1) is 0 Å². The summed E-state index contributed by atoms with van der Waals surface area (Å²) in [5, 5.41) is 2.91. The highest BCUT2D eigenvalue weighted by atomic mass is 16.2. The van der Waals surface area contributed by atoms with Crippen molar-refractivity contribution in [2.75, 3.05) is 26.2 Å². The average Bonchev–Trinajstić information content (AvgIpc) is 2.90. The lowest BCUT2D eigenvalue weighted by molar-refractivity contribution is -0.131. The van der Waals surface area contributed by atoms with Crippen molar-refractivity contribution >= 4 is 11.9 Å². The maximum absolute atomic E-state index is 12.3. The van der Waals surface area contributed by atoms with E-state index in [2.05, 4.69) is 17.4 Å². The van der Waals surface area contributed by atoms with Crippen molar-refractivity contribution in [2.45, 2.75) is 45.1 Å². The topological polar surface area (TPSA) is 52.7 Å². The quantitative estimate of drug-likeness (QED) is 0.926. The molecule has 24 heavy (non-hydrogen) atoms. The molecule has 0 aliphatic carbocycles. The number of benzene rings is 1. The second-order valence-corrected chi connectivity index (χ2v) is 6.72. The lowest BCUT2D eigenvalue weighted by atomic mass is 10.0. The Bertz CT molecular complexity index is 580. The fourth-order valence-corrected chi connectivity index (χ4v) is 3.54. The molecule has 0 aromatic heterocycles. The van der Waals surface area contributed by atoms with E-state index in [1.165, 1.54) is 24.0 Å². The Morgan fingerprint density at radius 2 is 1.62 bits per heavy atom. The van der Waals surface area contributed by atoms with Crippen LogP contribution in [0.4, 0.5) is 4.79 Å². The van der Waals surface area contributed by atoms with Crippen molar-refractivity contribution in [2.24, 2.45) is 0 Å². The predicted molar refractivity (Wildman–Crippen MR) is 93.6 cm³/mol. The van der Waals surface area contributed by atoms with E-state index < -0.39 is 0 Å². The first-order chi connectivity index (χ1) is 11.7. The van der Waals surface area contributed by atoms with Crippen LogP contribution >= 0.6 is 0 Å². The summed E-state index contributed by atoms with van der Waals surface area (Å²) in [7, 11) is 0. The van der Waals surface area contributed by atoms with Crippen LogP contribution in [-0.4, -0.2) is 47.9 Å². The van der Waals surface area contributed by atoms with Gasteiger partial charge in [0.25, 0.3) is 0 Å². The molecule has 5 heteroatoms. The minimum Gasteiger partial charge on any atom is -0.343 e. The van der Waals surface area contributed by atoms with E-state index in [1.807, 2.05) is 21.9 Å². The third kappa shape index (κ3) is 4.28. The Hall–Kier alpha value is -2.04. The van der Waals surface area contributed by atoms with Crippen LogP contribution < -0.4 is 5.32 Å². The van der Waals surface area contributed by atoms with E-state index in [-0.39, 0.29) is 11.9 Å². The molecule has 0 spiro atoms. The zero-order chi connectivity index (χ0) is 16.8. The van der Waals surface area contributed by atoms with Crippen molar-refractivity contribution in [3.8, 4) is 0 Å². The normalized spacial score (nSPS) is 17.8. The van der Waals surface area contributed by atoms with Crippen LogP contribution in [0.3, 0.4) is 0 Å². The van der Waals surface area contributed by atoms with Gasteiger partial charge < -0.3 is 15.1 Å². The van der Waals surface area contributed by atoms with Gasteiger partial charge in [-0.1, -0.05) is 37.1 Å². The molecule has 0 radical (unpaired) electrons. The van der Waals surface area contributed by atoms with Gasteiger partial charge >= 0.3 is 6.03 Å². The van der Waals surface area contributed by atoms with Crippen LogP contribution in [0.1, 0.15) is 43.2 Å². The SMILES string of the molecule is O=C(CCNC(=O)N1CCc2ccccc2C1)N1CCCCCC1. The van der Waals surface area contributed by atoms with Crippen LogP contribution in [0.5, 0.6) is 0 Å².